The number of aromatic nitrogens is 4. The molecule has 0 atom stereocenters. The van der Waals surface area contributed by atoms with Gasteiger partial charge in [0.2, 0.25) is 0 Å². The molecule has 0 unspecified atom stereocenters. The van der Waals surface area contributed by atoms with E-state index in [1.165, 1.54) is 0 Å². The van der Waals surface area contributed by atoms with E-state index in [1.807, 2.05) is 114 Å². The van der Waals surface area contributed by atoms with Gasteiger partial charge < -0.3 is 15.0 Å². The first-order valence-electron chi connectivity index (χ1n) is 12.8. The molecule has 0 aliphatic rings. The number of para-hydroxylation sites is 2. The van der Waals surface area contributed by atoms with Crippen molar-refractivity contribution < 1.29 is 9.53 Å². The van der Waals surface area contributed by atoms with Crippen LogP contribution in [0.4, 0.5) is 11.4 Å². The lowest BCUT2D eigenvalue weighted by atomic mass is 10.2. The fourth-order valence-electron chi connectivity index (χ4n) is 4.42. The molecule has 8 nitrogen and oxygen atoms in total. The molecule has 0 spiro atoms. The van der Waals surface area contributed by atoms with Crippen molar-refractivity contribution in [2.24, 2.45) is 0 Å². The lowest BCUT2D eigenvalue weighted by molar-refractivity contribution is 0.0979. The maximum Gasteiger partial charge on any atom is 0.277 e. The summed E-state index contributed by atoms with van der Waals surface area (Å²) in [6.45, 7) is 0.740. The van der Waals surface area contributed by atoms with Gasteiger partial charge in [-0.1, -0.05) is 54.6 Å². The summed E-state index contributed by atoms with van der Waals surface area (Å²) >= 11 is 0. The van der Waals surface area contributed by atoms with Crippen LogP contribution in [0.5, 0.6) is 11.5 Å². The number of pyridine rings is 1. The zero-order valence-electron chi connectivity index (χ0n) is 21.6. The molecular formula is C32H26N6O2. The van der Waals surface area contributed by atoms with E-state index in [4.69, 9.17) is 10.5 Å². The molecular weight excluding hydrogens is 500 g/mol. The standard InChI is InChI=1S/C32H26N6O2/c33-25-13-10-23(11-14-25)20-37-22-34-36-31(37)21-38(32(39)30-19-12-24-6-4-5-9-29(24)35-30)26-15-17-28(18-16-26)40-27-7-2-1-3-8-27/h1-19,22H,20-21,33H2. The molecule has 6 aromatic rings. The van der Waals surface area contributed by atoms with Crippen molar-refractivity contribution in [2.75, 3.05) is 10.6 Å². The Morgan fingerprint density at radius 3 is 2.33 bits per heavy atom. The van der Waals surface area contributed by atoms with E-state index >= 15 is 0 Å². The number of carbonyl (C=O) groups excluding carboxylic acids is 1. The maximum absolute atomic E-state index is 14.0. The molecule has 8 heteroatoms. The Morgan fingerprint density at radius 1 is 0.800 bits per heavy atom. The number of amides is 1. The van der Waals surface area contributed by atoms with Crippen molar-refractivity contribution in [1.82, 2.24) is 19.7 Å². The van der Waals surface area contributed by atoms with Gasteiger partial charge in [-0.3, -0.25) is 9.69 Å². The van der Waals surface area contributed by atoms with Gasteiger partial charge in [0, 0.05) is 16.8 Å². The second-order valence-corrected chi connectivity index (χ2v) is 9.31. The maximum atomic E-state index is 14.0. The highest BCUT2D eigenvalue weighted by atomic mass is 16.5. The number of nitrogens with two attached hydrogens (primary N) is 1. The predicted molar refractivity (Wildman–Crippen MR) is 155 cm³/mol. The van der Waals surface area contributed by atoms with E-state index in [9.17, 15) is 4.79 Å². The Labute approximate surface area is 231 Å². The van der Waals surface area contributed by atoms with E-state index in [1.54, 1.807) is 17.3 Å². The predicted octanol–water partition coefficient (Wildman–Crippen LogP) is 6.10. The summed E-state index contributed by atoms with van der Waals surface area (Å²) in [5.41, 5.74) is 9.37. The van der Waals surface area contributed by atoms with Crippen molar-refractivity contribution in [2.45, 2.75) is 13.1 Å². The normalized spacial score (nSPS) is 10.9. The summed E-state index contributed by atoms with van der Waals surface area (Å²) in [7, 11) is 0. The zero-order valence-corrected chi connectivity index (χ0v) is 21.6. The van der Waals surface area contributed by atoms with E-state index in [0.717, 1.165) is 22.2 Å². The first-order chi connectivity index (χ1) is 19.6. The number of hydrogen-bond donors (Lipinski definition) is 1. The van der Waals surface area contributed by atoms with Crippen LogP contribution in [-0.2, 0) is 13.1 Å². The van der Waals surface area contributed by atoms with Crippen LogP contribution in [0.1, 0.15) is 21.9 Å². The SMILES string of the molecule is Nc1ccc(Cn2cnnc2CN(C(=O)c2ccc3ccccc3n2)c2ccc(Oc3ccccc3)cc2)cc1. The first kappa shape index (κ1) is 24.8. The molecule has 2 N–H and O–H groups in total. The quantitative estimate of drug-likeness (QED) is 0.241. The van der Waals surface area contributed by atoms with Crippen LogP contribution < -0.4 is 15.4 Å². The van der Waals surface area contributed by atoms with Gasteiger partial charge in [0.15, 0.2) is 5.82 Å². The van der Waals surface area contributed by atoms with Crippen LogP contribution in [0.2, 0.25) is 0 Å². The molecule has 2 heterocycles. The number of carbonyl (C=O) groups is 1. The van der Waals surface area contributed by atoms with Gasteiger partial charge >= 0.3 is 0 Å². The van der Waals surface area contributed by atoms with E-state index < -0.39 is 0 Å². The number of fused-ring (bicyclic) bond motifs is 1. The van der Waals surface area contributed by atoms with Gasteiger partial charge in [-0.15, -0.1) is 10.2 Å². The molecule has 0 saturated heterocycles. The summed E-state index contributed by atoms with van der Waals surface area (Å²) < 4.78 is 7.88. The lowest BCUT2D eigenvalue weighted by Gasteiger charge is -2.23. The molecule has 2 aromatic heterocycles. The fraction of sp³-hybridized carbons (Fsp3) is 0.0625. The van der Waals surface area contributed by atoms with Crippen LogP contribution >= 0.6 is 0 Å². The van der Waals surface area contributed by atoms with E-state index in [2.05, 4.69) is 15.2 Å². The lowest BCUT2D eigenvalue weighted by Crippen LogP contribution is -2.32. The monoisotopic (exact) mass is 526 g/mol. The molecule has 4 aromatic carbocycles. The molecule has 6 rings (SSSR count). The topological polar surface area (TPSA) is 99.2 Å². The van der Waals surface area contributed by atoms with Crippen LogP contribution in [0.15, 0.2) is 122 Å². The van der Waals surface area contributed by atoms with E-state index in [0.29, 0.717) is 35.2 Å². The summed E-state index contributed by atoms with van der Waals surface area (Å²) in [6, 6.07) is 36.0. The number of nitrogens with zero attached hydrogens (tertiary/aromatic N) is 5. The Bertz CT molecular complexity index is 1750. The second kappa shape index (κ2) is 11.1. The van der Waals surface area contributed by atoms with E-state index in [-0.39, 0.29) is 12.5 Å². The average Bonchev–Trinajstić information content (AvgIpc) is 3.44. The number of nitrogen functional groups attached to an aromatic ring is 1. The van der Waals surface area contributed by atoms with Crippen LogP contribution in [0.25, 0.3) is 10.9 Å². The van der Waals surface area contributed by atoms with Gasteiger partial charge in [0.05, 0.1) is 18.6 Å². The highest BCUT2D eigenvalue weighted by Gasteiger charge is 2.22. The zero-order chi connectivity index (χ0) is 27.3. The molecule has 0 saturated carbocycles. The molecule has 0 aliphatic heterocycles. The number of hydrogen-bond acceptors (Lipinski definition) is 6. The minimum absolute atomic E-state index is 0.196. The van der Waals surface area contributed by atoms with Gasteiger partial charge in [0.1, 0.15) is 23.5 Å². The Hall–Kier alpha value is -5.50. The van der Waals surface area contributed by atoms with Crippen molar-refractivity contribution in [3.8, 4) is 11.5 Å². The summed E-state index contributed by atoms with van der Waals surface area (Å²) in [6.07, 6.45) is 1.67. The first-order valence-corrected chi connectivity index (χ1v) is 12.8. The second-order valence-electron chi connectivity index (χ2n) is 9.31. The summed E-state index contributed by atoms with van der Waals surface area (Å²) in [4.78, 5) is 20.3. The third-order valence-corrected chi connectivity index (χ3v) is 6.52. The van der Waals surface area contributed by atoms with Crippen LogP contribution in [-0.4, -0.2) is 25.7 Å². The largest absolute Gasteiger partial charge is 0.457 e. The molecule has 0 fully saturated rings. The Balaban J connectivity index is 1.32. The Morgan fingerprint density at radius 2 is 1.52 bits per heavy atom. The Kier molecular flexibility index (Phi) is 6.88. The van der Waals surface area contributed by atoms with Crippen LogP contribution in [0, 0.1) is 0 Å². The molecule has 0 radical (unpaired) electrons. The molecule has 196 valence electrons. The highest BCUT2D eigenvalue weighted by Crippen LogP contribution is 2.27. The van der Waals surface area contributed by atoms with Gasteiger partial charge in [0.25, 0.3) is 5.91 Å². The summed E-state index contributed by atoms with van der Waals surface area (Å²) in [5.74, 6) is 1.79. The smallest absolute Gasteiger partial charge is 0.277 e. The molecule has 0 bridgehead atoms. The minimum Gasteiger partial charge on any atom is -0.457 e. The fourth-order valence-corrected chi connectivity index (χ4v) is 4.42. The van der Waals surface area contributed by atoms with Gasteiger partial charge in [-0.25, -0.2) is 4.98 Å². The van der Waals surface area contributed by atoms with Gasteiger partial charge in [-0.05, 0) is 66.2 Å². The molecule has 40 heavy (non-hydrogen) atoms. The third-order valence-electron chi connectivity index (χ3n) is 6.52. The molecule has 0 aliphatic carbocycles. The number of rotatable bonds is 8. The third kappa shape index (κ3) is 5.51. The van der Waals surface area contributed by atoms with Gasteiger partial charge in [-0.2, -0.15) is 0 Å². The van der Waals surface area contributed by atoms with Crippen molar-refractivity contribution in [3.63, 3.8) is 0 Å². The average molecular weight is 527 g/mol. The van der Waals surface area contributed by atoms with Crippen LogP contribution in [0.3, 0.4) is 0 Å². The summed E-state index contributed by atoms with van der Waals surface area (Å²) in [5, 5.41) is 9.44. The highest BCUT2D eigenvalue weighted by molar-refractivity contribution is 6.05. The van der Waals surface area contributed by atoms with Crippen molar-refractivity contribution in [1.29, 1.82) is 0 Å². The van der Waals surface area contributed by atoms with Crippen molar-refractivity contribution >= 4 is 28.2 Å². The molecule has 1 amide bonds. The number of benzene rings is 4. The minimum atomic E-state index is -0.246. The number of anilines is 2. The number of ether oxygens (including phenoxy) is 1. The van der Waals surface area contributed by atoms with Crippen molar-refractivity contribution in [3.05, 3.63) is 139 Å².